The van der Waals surface area contributed by atoms with Crippen molar-refractivity contribution in [3.63, 3.8) is 0 Å². The molecule has 2 N–H and O–H groups in total. The number of amides is 2. The van der Waals surface area contributed by atoms with Gasteiger partial charge in [0.2, 0.25) is 5.91 Å². The maximum atomic E-state index is 11.6. The minimum absolute atomic E-state index is 0.211. The molecule has 10 heteroatoms. The number of benzene rings is 1. The van der Waals surface area contributed by atoms with Gasteiger partial charge in [-0.2, -0.15) is 8.42 Å². The lowest BCUT2D eigenvalue weighted by Gasteiger charge is -2.09. The summed E-state index contributed by atoms with van der Waals surface area (Å²) in [6.45, 7) is 2.67. The number of nitrogens with zero attached hydrogens (tertiary/aromatic N) is 1. The van der Waals surface area contributed by atoms with Crippen molar-refractivity contribution >= 4 is 33.0 Å². The first-order valence-electron chi connectivity index (χ1n) is 9.23. The first-order chi connectivity index (χ1) is 14.1. The molecule has 1 aliphatic rings. The number of carbonyl (C=O) groups is 2. The molecule has 1 atom stereocenters. The number of aryl methyl sites for hydroxylation is 1. The Balaban J connectivity index is 0.000000575. The summed E-state index contributed by atoms with van der Waals surface area (Å²) in [4.78, 5) is 27.2. The van der Waals surface area contributed by atoms with E-state index in [4.69, 9.17) is 9.29 Å². The number of carbonyl (C=O) groups excluding carboxylic acids is 2. The maximum Gasteiger partial charge on any atom is 0.286 e. The Bertz CT molecular complexity index is 952. The fourth-order valence-corrected chi connectivity index (χ4v) is 3.41. The van der Waals surface area contributed by atoms with Gasteiger partial charge in [-0.3, -0.25) is 24.4 Å². The number of nitrogens with one attached hydrogen (secondary N) is 1. The molecule has 30 heavy (non-hydrogen) atoms. The molecule has 0 aliphatic carbocycles. The van der Waals surface area contributed by atoms with Gasteiger partial charge < -0.3 is 4.74 Å². The second-order valence-electron chi connectivity index (χ2n) is 6.57. The quantitative estimate of drug-likeness (QED) is 0.615. The van der Waals surface area contributed by atoms with Crippen molar-refractivity contribution in [1.29, 1.82) is 0 Å². The zero-order valence-electron chi connectivity index (χ0n) is 16.7. The van der Waals surface area contributed by atoms with Crippen LogP contribution in [0.1, 0.15) is 23.7 Å². The van der Waals surface area contributed by atoms with Gasteiger partial charge in [-0.1, -0.05) is 36.9 Å². The molecule has 1 fully saturated rings. The molecule has 8 nitrogen and oxygen atoms in total. The molecule has 3 rings (SSSR count). The van der Waals surface area contributed by atoms with Crippen molar-refractivity contribution in [1.82, 2.24) is 10.3 Å². The van der Waals surface area contributed by atoms with Crippen LogP contribution in [0.5, 0.6) is 5.75 Å². The highest BCUT2D eigenvalue weighted by Gasteiger charge is 2.31. The van der Waals surface area contributed by atoms with Crippen molar-refractivity contribution in [3.05, 3.63) is 59.4 Å². The highest BCUT2D eigenvalue weighted by molar-refractivity contribution is 8.15. The molecule has 162 valence electrons. The van der Waals surface area contributed by atoms with Gasteiger partial charge >= 0.3 is 0 Å². The number of hydrogen-bond acceptors (Lipinski definition) is 7. The van der Waals surface area contributed by atoms with Crippen LogP contribution >= 0.6 is 11.8 Å². The predicted octanol–water partition coefficient (Wildman–Crippen LogP) is 2.66. The minimum atomic E-state index is -3.67. The largest absolute Gasteiger partial charge is 0.493 e. The van der Waals surface area contributed by atoms with E-state index in [2.05, 4.69) is 23.3 Å². The first-order valence-corrected chi connectivity index (χ1v) is 12.0. The SMILES string of the molecule is CCc1ccc(CCOc2ccc(CC3SC(=O)NC3=O)cc2)nc1.CS(=O)(=O)O. The van der Waals surface area contributed by atoms with Crippen molar-refractivity contribution in [2.24, 2.45) is 0 Å². The Morgan fingerprint density at radius 1 is 1.13 bits per heavy atom. The Morgan fingerprint density at radius 2 is 1.77 bits per heavy atom. The molecule has 1 aliphatic heterocycles. The average Bonchev–Trinajstić information content (AvgIpc) is 2.99. The van der Waals surface area contributed by atoms with Crippen LogP contribution in [0.2, 0.25) is 0 Å². The number of imide groups is 1. The van der Waals surface area contributed by atoms with Crippen molar-refractivity contribution in [3.8, 4) is 5.75 Å². The zero-order valence-corrected chi connectivity index (χ0v) is 18.3. The summed E-state index contributed by atoms with van der Waals surface area (Å²) in [5, 5.41) is 1.70. The molecule has 0 spiro atoms. The van der Waals surface area contributed by atoms with Crippen LogP contribution in [0.25, 0.3) is 0 Å². The van der Waals surface area contributed by atoms with Gasteiger partial charge in [-0.05, 0) is 42.2 Å². The smallest absolute Gasteiger partial charge is 0.286 e. The maximum absolute atomic E-state index is 11.6. The molecular weight excluding hydrogens is 428 g/mol. The van der Waals surface area contributed by atoms with E-state index in [0.717, 1.165) is 41.6 Å². The van der Waals surface area contributed by atoms with E-state index < -0.39 is 10.1 Å². The van der Waals surface area contributed by atoms with Crippen LogP contribution in [0.4, 0.5) is 4.79 Å². The molecule has 0 saturated carbocycles. The number of thioether (sulfide) groups is 1. The Morgan fingerprint density at radius 3 is 2.27 bits per heavy atom. The lowest BCUT2D eigenvalue weighted by atomic mass is 10.1. The lowest BCUT2D eigenvalue weighted by molar-refractivity contribution is -0.118. The number of aromatic nitrogens is 1. The van der Waals surface area contributed by atoms with Gasteiger partial charge in [0.1, 0.15) is 5.75 Å². The molecule has 0 radical (unpaired) electrons. The van der Waals surface area contributed by atoms with E-state index in [1.807, 2.05) is 36.5 Å². The summed E-state index contributed by atoms with van der Waals surface area (Å²) < 4.78 is 31.6. The van der Waals surface area contributed by atoms with Crippen LogP contribution < -0.4 is 10.1 Å². The van der Waals surface area contributed by atoms with Gasteiger partial charge in [0.25, 0.3) is 15.4 Å². The normalized spacial score (nSPS) is 15.9. The second-order valence-corrected chi connectivity index (χ2v) is 9.22. The third-order valence-corrected chi connectivity index (χ3v) is 5.01. The van der Waals surface area contributed by atoms with Gasteiger partial charge in [0, 0.05) is 18.3 Å². The number of pyridine rings is 1. The van der Waals surface area contributed by atoms with Crippen LogP contribution in [0.3, 0.4) is 0 Å². The van der Waals surface area contributed by atoms with Crippen molar-refractivity contribution in [2.75, 3.05) is 12.9 Å². The van der Waals surface area contributed by atoms with Gasteiger partial charge in [-0.15, -0.1) is 0 Å². The molecule has 1 aromatic carbocycles. The summed E-state index contributed by atoms with van der Waals surface area (Å²) in [6, 6.07) is 11.8. The Labute approximate surface area is 180 Å². The van der Waals surface area contributed by atoms with Crippen LogP contribution in [-0.4, -0.2) is 47.2 Å². The molecule has 1 unspecified atom stereocenters. The highest BCUT2D eigenvalue weighted by Crippen LogP contribution is 2.23. The van der Waals surface area contributed by atoms with E-state index in [9.17, 15) is 18.0 Å². The second kappa shape index (κ2) is 11.1. The zero-order chi connectivity index (χ0) is 22.1. The molecule has 1 aromatic heterocycles. The van der Waals surface area contributed by atoms with Gasteiger partial charge in [-0.25, -0.2) is 0 Å². The molecule has 2 amide bonds. The average molecular weight is 453 g/mol. The third-order valence-electron chi connectivity index (χ3n) is 4.03. The number of rotatable bonds is 7. The fraction of sp³-hybridized carbons (Fsp3) is 0.350. The summed E-state index contributed by atoms with van der Waals surface area (Å²) in [5.74, 6) is 0.574. The van der Waals surface area contributed by atoms with E-state index >= 15 is 0 Å². The third kappa shape index (κ3) is 8.93. The predicted molar refractivity (Wildman–Crippen MR) is 115 cm³/mol. The van der Waals surface area contributed by atoms with Crippen molar-refractivity contribution < 1.29 is 27.3 Å². The molecule has 0 bridgehead atoms. The Hall–Kier alpha value is -2.43. The summed E-state index contributed by atoms with van der Waals surface area (Å²) in [5.41, 5.74) is 3.25. The highest BCUT2D eigenvalue weighted by atomic mass is 32.2. The first kappa shape index (κ1) is 23.8. The van der Waals surface area contributed by atoms with Gasteiger partial charge in [0.05, 0.1) is 18.1 Å². The van der Waals surface area contributed by atoms with E-state index in [-0.39, 0.29) is 16.4 Å². The van der Waals surface area contributed by atoms with E-state index in [1.54, 1.807) is 0 Å². The monoisotopic (exact) mass is 452 g/mol. The van der Waals surface area contributed by atoms with Crippen LogP contribution in [0.15, 0.2) is 42.6 Å². The van der Waals surface area contributed by atoms with Crippen LogP contribution in [0, 0.1) is 0 Å². The number of ether oxygens (including phenoxy) is 1. The Kier molecular flexibility index (Phi) is 8.82. The molecule has 1 saturated heterocycles. The molecular formula is C20H24N2O6S2. The standard InChI is InChI=1S/C19H20N2O3S.CH4O3S/c1-2-13-3-6-15(20-12-13)9-10-24-16-7-4-14(5-8-16)11-17-18(22)21-19(23)25-17;1-5(2,3)4/h3-8,12,17H,2,9-11H2,1H3,(H,21,22,23);1H3,(H,2,3,4). The number of hydrogen-bond donors (Lipinski definition) is 2. The summed E-state index contributed by atoms with van der Waals surface area (Å²) >= 11 is 1.05. The van der Waals surface area contributed by atoms with E-state index in [1.165, 1.54) is 5.56 Å². The summed E-state index contributed by atoms with van der Waals surface area (Å²) in [6.07, 6.45) is 4.91. The minimum Gasteiger partial charge on any atom is -0.493 e. The van der Waals surface area contributed by atoms with E-state index in [0.29, 0.717) is 19.3 Å². The van der Waals surface area contributed by atoms with Crippen molar-refractivity contribution in [2.45, 2.75) is 31.4 Å². The molecule has 2 heterocycles. The fourth-order valence-electron chi connectivity index (χ4n) is 2.55. The summed E-state index contributed by atoms with van der Waals surface area (Å²) in [7, 11) is -3.67. The van der Waals surface area contributed by atoms with Gasteiger partial charge in [0.15, 0.2) is 0 Å². The lowest BCUT2D eigenvalue weighted by Crippen LogP contribution is -2.25. The molecule has 2 aromatic rings. The van der Waals surface area contributed by atoms with Crippen LogP contribution in [-0.2, 0) is 34.2 Å². The topological polar surface area (TPSA) is 123 Å².